The predicted octanol–water partition coefficient (Wildman–Crippen LogP) is 5.93. The lowest BCUT2D eigenvalue weighted by Gasteiger charge is -2.25. The maximum absolute atomic E-state index is 10.9. The Labute approximate surface area is 210 Å². The molecule has 3 aromatic carbocycles. The second-order valence-electron chi connectivity index (χ2n) is 8.94. The Kier molecular flexibility index (Phi) is 7.22. The number of benzene rings is 3. The zero-order valence-corrected chi connectivity index (χ0v) is 19.9. The number of fused-ring (bicyclic) bond motifs is 1. The first-order valence-electron chi connectivity index (χ1n) is 12.2. The van der Waals surface area contributed by atoms with Crippen LogP contribution in [0, 0.1) is 0 Å². The Balaban J connectivity index is 1.32. The average Bonchev–Trinajstić information content (AvgIpc) is 3.37. The van der Waals surface area contributed by atoms with Crippen LogP contribution in [0.25, 0.3) is 0 Å². The van der Waals surface area contributed by atoms with Crippen molar-refractivity contribution in [2.75, 3.05) is 6.61 Å². The number of nitrogens with zero attached hydrogens (tertiary/aromatic N) is 2. The van der Waals surface area contributed by atoms with Gasteiger partial charge in [0.1, 0.15) is 5.75 Å². The fraction of sp³-hybridized carbons (Fsp3) is 0.233. The minimum atomic E-state index is -0.971. The third-order valence-electron chi connectivity index (χ3n) is 6.53. The van der Waals surface area contributed by atoms with Crippen LogP contribution in [0.15, 0.2) is 95.5 Å². The lowest BCUT2D eigenvalue weighted by Crippen LogP contribution is -2.14. The van der Waals surface area contributed by atoms with Crippen LogP contribution in [0.4, 0.5) is 0 Å². The number of rotatable bonds is 9. The minimum absolute atomic E-state index is 0.118. The van der Waals surface area contributed by atoms with Gasteiger partial charge < -0.3 is 14.4 Å². The molecule has 6 heteroatoms. The summed E-state index contributed by atoms with van der Waals surface area (Å²) in [6, 6.07) is 26.3. The molecule has 0 bridgehead atoms. The molecule has 4 aromatic rings. The van der Waals surface area contributed by atoms with E-state index in [1.807, 2.05) is 48.5 Å². The van der Waals surface area contributed by atoms with E-state index in [2.05, 4.69) is 47.6 Å². The summed E-state index contributed by atoms with van der Waals surface area (Å²) in [6.45, 7) is -0.329. The number of carboxylic acids is 1. The van der Waals surface area contributed by atoms with Crippen molar-refractivity contribution >= 4 is 5.97 Å². The second kappa shape index (κ2) is 11.0. The molecule has 5 rings (SSSR count). The molecule has 0 spiro atoms. The summed E-state index contributed by atoms with van der Waals surface area (Å²) in [5.74, 6) is 1.05. The summed E-state index contributed by atoms with van der Waals surface area (Å²) >= 11 is 0. The van der Waals surface area contributed by atoms with E-state index in [-0.39, 0.29) is 18.4 Å². The maximum Gasteiger partial charge on any atom is 0.341 e. The van der Waals surface area contributed by atoms with Crippen molar-refractivity contribution in [2.45, 2.75) is 37.5 Å². The van der Waals surface area contributed by atoms with Crippen LogP contribution in [0.3, 0.4) is 0 Å². The van der Waals surface area contributed by atoms with Crippen molar-refractivity contribution in [3.05, 3.63) is 125 Å². The van der Waals surface area contributed by atoms with Crippen LogP contribution >= 0.6 is 0 Å². The van der Waals surface area contributed by atoms with Gasteiger partial charge in [0.25, 0.3) is 0 Å². The highest BCUT2D eigenvalue weighted by molar-refractivity contribution is 5.68. The standard InChI is InChI=1S/C30H28N2O4/c33-28(34)20-35-26-18-9-16-24-21(14-7-17-25(24)26)15-8-19-27-31-30(36-32-27)29(22-10-3-1-4-11-22)23-12-5-2-6-13-23/h1-6,8-13,15-16,18,21,29H,7,14,17,19-20H2,(H,33,34). The molecule has 0 saturated carbocycles. The van der Waals surface area contributed by atoms with E-state index < -0.39 is 5.97 Å². The highest BCUT2D eigenvalue weighted by Crippen LogP contribution is 2.37. The molecule has 1 unspecified atom stereocenters. The second-order valence-corrected chi connectivity index (χ2v) is 8.94. The molecule has 36 heavy (non-hydrogen) atoms. The van der Waals surface area contributed by atoms with Crippen molar-refractivity contribution in [3.63, 3.8) is 0 Å². The third kappa shape index (κ3) is 5.38. The molecule has 1 N–H and O–H groups in total. The van der Waals surface area contributed by atoms with Crippen LogP contribution < -0.4 is 4.74 Å². The molecule has 1 heterocycles. The van der Waals surface area contributed by atoms with E-state index in [1.165, 1.54) is 5.56 Å². The van der Waals surface area contributed by atoms with Crippen molar-refractivity contribution in [1.29, 1.82) is 0 Å². The third-order valence-corrected chi connectivity index (χ3v) is 6.53. The molecule has 6 nitrogen and oxygen atoms in total. The quantitative estimate of drug-likeness (QED) is 0.299. The number of aromatic nitrogens is 2. The van der Waals surface area contributed by atoms with E-state index in [0.717, 1.165) is 36.0 Å². The van der Waals surface area contributed by atoms with Gasteiger partial charge in [-0.25, -0.2) is 4.79 Å². The van der Waals surface area contributed by atoms with E-state index in [9.17, 15) is 4.79 Å². The van der Waals surface area contributed by atoms with Crippen LogP contribution in [-0.4, -0.2) is 27.8 Å². The number of carbonyl (C=O) groups is 1. The summed E-state index contributed by atoms with van der Waals surface area (Å²) in [7, 11) is 0. The summed E-state index contributed by atoms with van der Waals surface area (Å²) in [6.07, 6.45) is 7.82. The Hall–Kier alpha value is -4.19. The van der Waals surface area contributed by atoms with E-state index >= 15 is 0 Å². The number of allylic oxidation sites excluding steroid dienone is 2. The fourth-order valence-corrected chi connectivity index (χ4v) is 4.90. The largest absolute Gasteiger partial charge is 0.482 e. The van der Waals surface area contributed by atoms with Gasteiger partial charge in [-0.3, -0.25) is 0 Å². The maximum atomic E-state index is 10.9. The molecule has 0 saturated heterocycles. The van der Waals surface area contributed by atoms with Gasteiger partial charge in [-0.2, -0.15) is 4.98 Å². The first-order chi connectivity index (χ1) is 17.7. The molecule has 1 aliphatic carbocycles. The van der Waals surface area contributed by atoms with Crippen LogP contribution in [-0.2, 0) is 17.6 Å². The number of ether oxygens (including phenoxy) is 1. The smallest absolute Gasteiger partial charge is 0.341 e. The topological polar surface area (TPSA) is 85.5 Å². The number of aliphatic carboxylic acids is 1. The van der Waals surface area contributed by atoms with E-state index in [4.69, 9.17) is 19.4 Å². The van der Waals surface area contributed by atoms with Crippen molar-refractivity contribution in [1.82, 2.24) is 10.1 Å². The number of hydrogen-bond donors (Lipinski definition) is 1. The molecular weight excluding hydrogens is 452 g/mol. The molecule has 1 aliphatic rings. The van der Waals surface area contributed by atoms with Crippen molar-refractivity contribution in [2.24, 2.45) is 0 Å². The highest BCUT2D eigenvalue weighted by atomic mass is 16.5. The summed E-state index contributed by atoms with van der Waals surface area (Å²) in [4.78, 5) is 15.7. The lowest BCUT2D eigenvalue weighted by atomic mass is 9.82. The lowest BCUT2D eigenvalue weighted by molar-refractivity contribution is -0.139. The normalized spacial score (nSPS) is 15.2. The van der Waals surface area contributed by atoms with Gasteiger partial charge in [0.2, 0.25) is 5.89 Å². The van der Waals surface area contributed by atoms with E-state index in [1.54, 1.807) is 0 Å². The van der Waals surface area contributed by atoms with Crippen molar-refractivity contribution < 1.29 is 19.2 Å². The molecular formula is C30H28N2O4. The number of hydrogen-bond acceptors (Lipinski definition) is 5. The van der Waals surface area contributed by atoms with Crippen LogP contribution in [0.5, 0.6) is 5.75 Å². The van der Waals surface area contributed by atoms with Gasteiger partial charge in [-0.1, -0.05) is 90.1 Å². The molecule has 0 radical (unpaired) electrons. The van der Waals surface area contributed by atoms with Crippen molar-refractivity contribution in [3.8, 4) is 5.75 Å². The van der Waals surface area contributed by atoms with Gasteiger partial charge in [0, 0.05) is 12.3 Å². The highest BCUT2D eigenvalue weighted by Gasteiger charge is 2.24. The Morgan fingerprint density at radius 2 is 1.75 bits per heavy atom. The molecule has 0 fully saturated rings. The molecule has 0 aliphatic heterocycles. The molecule has 182 valence electrons. The Bertz CT molecular complexity index is 1290. The fourth-order valence-electron chi connectivity index (χ4n) is 4.90. The van der Waals surface area contributed by atoms with Gasteiger partial charge in [-0.05, 0) is 47.6 Å². The first kappa shape index (κ1) is 23.5. The van der Waals surface area contributed by atoms with E-state index in [0.29, 0.717) is 23.9 Å². The summed E-state index contributed by atoms with van der Waals surface area (Å²) < 4.78 is 11.3. The number of carboxylic acid groups (broad SMARTS) is 1. The van der Waals surface area contributed by atoms with Gasteiger partial charge in [0.15, 0.2) is 12.4 Å². The molecule has 1 aromatic heterocycles. The van der Waals surface area contributed by atoms with Gasteiger partial charge >= 0.3 is 5.97 Å². The summed E-state index contributed by atoms with van der Waals surface area (Å²) in [5, 5.41) is 13.2. The molecule has 0 amide bonds. The Morgan fingerprint density at radius 1 is 1.03 bits per heavy atom. The zero-order valence-electron chi connectivity index (χ0n) is 19.9. The SMILES string of the molecule is O=C(O)COc1cccc2c1CCCC2C=CCc1noc(C(c2ccccc2)c2ccccc2)n1. The monoisotopic (exact) mass is 480 g/mol. The van der Waals surface area contributed by atoms with Crippen LogP contribution in [0.2, 0.25) is 0 Å². The minimum Gasteiger partial charge on any atom is -0.482 e. The first-order valence-corrected chi connectivity index (χ1v) is 12.2. The van der Waals surface area contributed by atoms with Gasteiger partial charge in [-0.15, -0.1) is 0 Å². The Morgan fingerprint density at radius 3 is 2.44 bits per heavy atom. The zero-order chi connectivity index (χ0) is 24.7. The van der Waals surface area contributed by atoms with Crippen LogP contribution in [0.1, 0.15) is 58.6 Å². The molecule has 1 atom stereocenters. The summed E-state index contributed by atoms with van der Waals surface area (Å²) in [5.41, 5.74) is 4.51. The predicted molar refractivity (Wildman–Crippen MR) is 136 cm³/mol. The van der Waals surface area contributed by atoms with Gasteiger partial charge in [0.05, 0.1) is 5.92 Å². The average molecular weight is 481 g/mol.